The summed E-state index contributed by atoms with van der Waals surface area (Å²) < 4.78 is 0. The number of nitrogens with two attached hydrogens (primary N) is 1. The molecule has 64 valence electrons. The highest BCUT2D eigenvalue weighted by Gasteiger charge is 2.24. The van der Waals surface area contributed by atoms with E-state index in [4.69, 9.17) is 5.73 Å². The van der Waals surface area contributed by atoms with Crippen LogP contribution in [0.1, 0.15) is 0 Å². The lowest BCUT2D eigenvalue weighted by atomic mass is 10.2. The van der Waals surface area contributed by atoms with Gasteiger partial charge in [0.25, 0.3) is 0 Å². The molecule has 0 aromatic heterocycles. The summed E-state index contributed by atoms with van der Waals surface area (Å²) in [5.74, 6) is 0.688. The number of fused-ring (bicyclic) bond motifs is 1. The number of hydrogen-bond acceptors (Lipinski definition) is 4. The van der Waals surface area contributed by atoms with E-state index in [2.05, 4.69) is 9.89 Å². The molecule has 0 spiro atoms. The van der Waals surface area contributed by atoms with E-state index in [-0.39, 0.29) is 5.91 Å². The van der Waals surface area contributed by atoms with Crippen molar-refractivity contribution in [2.75, 3.05) is 18.8 Å². The van der Waals surface area contributed by atoms with Gasteiger partial charge >= 0.3 is 0 Å². The van der Waals surface area contributed by atoms with Crippen molar-refractivity contribution in [3.05, 3.63) is 11.8 Å². The summed E-state index contributed by atoms with van der Waals surface area (Å²) in [4.78, 5) is 17.0. The minimum absolute atomic E-state index is 0.366. The van der Waals surface area contributed by atoms with Crippen molar-refractivity contribution in [3.63, 3.8) is 0 Å². The third kappa shape index (κ3) is 1.20. The molecule has 0 aromatic carbocycles. The van der Waals surface area contributed by atoms with Crippen molar-refractivity contribution in [3.8, 4) is 0 Å². The highest BCUT2D eigenvalue weighted by atomic mass is 32.2. The van der Waals surface area contributed by atoms with Gasteiger partial charge in [0.1, 0.15) is 0 Å². The molecule has 0 atom stereocenters. The number of carbonyl (C=O) groups excluding carboxylic acids is 1. The van der Waals surface area contributed by atoms with Crippen LogP contribution in [0, 0.1) is 0 Å². The van der Waals surface area contributed by atoms with E-state index in [1.807, 2.05) is 0 Å². The molecule has 0 radical (unpaired) electrons. The molecule has 4 nitrogen and oxygen atoms in total. The summed E-state index contributed by atoms with van der Waals surface area (Å²) >= 11 is 1.72. The zero-order valence-corrected chi connectivity index (χ0v) is 7.30. The smallest absolute Gasteiger partial charge is 0.247 e. The molecule has 2 heterocycles. The first-order valence-corrected chi connectivity index (χ1v) is 4.70. The van der Waals surface area contributed by atoms with Crippen LogP contribution in [0.15, 0.2) is 16.8 Å². The molecule has 0 unspecified atom stereocenters. The van der Waals surface area contributed by atoms with E-state index in [1.165, 1.54) is 0 Å². The minimum atomic E-state index is -0.366. The molecule has 2 aliphatic rings. The molecular weight excluding hydrogens is 174 g/mol. The quantitative estimate of drug-likeness (QED) is 0.611. The van der Waals surface area contributed by atoms with E-state index in [0.29, 0.717) is 12.1 Å². The summed E-state index contributed by atoms with van der Waals surface area (Å²) in [7, 11) is 0. The van der Waals surface area contributed by atoms with Crippen molar-refractivity contribution in [2.24, 2.45) is 10.7 Å². The van der Waals surface area contributed by atoms with Crippen LogP contribution < -0.4 is 5.73 Å². The fourth-order valence-corrected chi connectivity index (χ4v) is 2.18. The van der Waals surface area contributed by atoms with Crippen molar-refractivity contribution in [2.45, 2.75) is 0 Å². The number of primary amides is 1. The summed E-state index contributed by atoms with van der Waals surface area (Å²) in [6, 6.07) is 0. The fraction of sp³-hybridized carbons (Fsp3) is 0.429. The maximum Gasteiger partial charge on any atom is 0.247 e. The molecule has 12 heavy (non-hydrogen) atoms. The standard InChI is InChI=1S/C7H9N3OS/c8-6(11)5-3-9-7-10(4-5)1-2-12-7/h3H,1-2,4H2,(H2,8,11). The molecule has 0 aromatic rings. The van der Waals surface area contributed by atoms with E-state index in [1.54, 1.807) is 18.0 Å². The number of rotatable bonds is 1. The maximum absolute atomic E-state index is 10.8. The monoisotopic (exact) mass is 183 g/mol. The molecule has 1 saturated heterocycles. The Morgan fingerprint density at radius 2 is 2.58 bits per heavy atom. The van der Waals surface area contributed by atoms with E-state index >= 15 is 0 Å². The van der Waals surface area contributed by atoms with Crippen molar-refractivity contribution >= 4 is 22.8 Å². The van der Waals surface area contributed by atoms with Gasteiger partial charge in [0.15, 0.2) is 5.17 Å². The van der Waals surface area contributed by atoms with Crippen molar-refractivity contribution < 1.29 is 4.79 Å². The number of nitrogens with zero attached hydrogens (tertiary/aromatic N) is 2. The van der Waals surface area contributed by atoms with Crippen LogP contribution in [-0.2, 0) is 4.79 Å². The Labute approximate surface area is 74.5 Å². The van der Waals surface area contributed by atoms with Gasteiger partial charge in [-0.25, -0.2) is 4.99 Å². The molecule has 5 heteroatoms. The Kier molecular flexibility index (Phi) is 1.80. The molecule has 2 aliphatic heterocycles. The van der Waals surface area contributed by atoms with Gasteiger partial charge in [-0.15, -0.1) is 0 Å². The van der Waals surface area contributed by atoms with Gasteiger partial charge in [0.2, 0.25) is 5.91 Å². The van der Waals surface area contributed by atoms with Crippen LogP contribution in [-0.4, -0.2) is 34.8 Å². The first kappa shape index (κ1) is 7.67. The molecule has 1 amide bonds. The normalized spacial score (nSPS) is 21.5. The van der Waals surface area contributed by atoms with Crippen molar-refractivity contribution in [1.29, 1.82) is 0 Å². The zero-order valence-electron chi connectivity index (χ0n) is 6.49. The van der Waals surface area contributed by atoms with Crippen LogP contribution in [0.4, 0.5) is 0 Å². The third-order valence-electron chi connectivity index (χ3n) is 1.87. The first-order chi connectivity index (χ1) is 5.77. The second-order valence-corrected chi connectivity index (χ2v) is 3.76. The predicted octanol–water partition coefficient (Wildman–Crippen LogP) is -0.226. The molecule has 0 aliphatic carbocycles. The number of carbonyl (C=O) groups is 1. The lowest BCUT2D eigenvalue weighted by molar-refractivity contribution is -0.114. The van der Waals surface area contributed by atoms with Gasteiger partial charge in [0.05, 0.1) is 12.1 Å². The van der Waals surface area contributed by atoms with E-state index in [0.717, 1.165) is 17.5 Å². The van der Waals surface area contributed by atoms with Crippen LogP contribution in [0.25, 0.3) is 0 Å². The van der Waals surface area contributed by atoms with Crippen LogP contribution in [0.5, 0.6) is 0 Å². The van der Waals surface area contributed by atoms with E-state index < -0.39 is 0 Å². The molecule has 2 rings (SSSR count). The zero-order chi connectivity index (χ0) is 8.55. The SMILES string of the molecule is NC(=O)C1=CN=C2SCCN2C1. The topological polar surface area (TPSA) is 58.7 Å². The van der Waals surface area contributed by atoms with Gasteiger partial charge < -0.3 is 10.6 Å². The van der Waals surface area contributed by atoms with Gasteiger partial charge in [-0.2, -0.15) is 0 Å². The largest absolute Gasteiger partial charge is 0.366 e. The van der Waals surface area contributed by atoms with Crippen LogP contribution in [0.3, 0.4) is 0 Å². The summed E-state index contributed by atoms with van der Waals surface area (Å²) in [5.41, 5.74) is 5.74. The molecule has 1 fully saturated rings. The van der Waals surface area contributed by atoms with Gasteiger partial charge in [-0.1, -0.05) is 11.8 Å². The third-order valence-corrected chi connectivity index (χ3v) is 2.88. The van der Waals surface area contributed by atoms with Gasteiger partial charge in [0, 0.05) is 18.5 Å². The minimum Gasteiger partial charge on any atom is -0.366 e. The van der Waals surface area contributed by atoms with Gasteiger partial charge in [-0.05, 0) is 0 Å². The highest BCUT2D eigenvalue weighted by Crippen LogP contribution is 2.22. The Hall–Kier alpha value is -0.970. The second kappa shape index (κ2) is 2.82. The average Bonchev–Trinajstić information content (AvgIpc) is 2.49. The number of thioether (sulfide) groups is 1. The molecular formula is C7H9N3OS. The average molecular weight is 183 g/mol. The number of aliphatic imine (C=N–C) groups is 1. The Bertz CT molecular complexity index is 284. The Morgan fingerprint density at radius 3 is 3.33 bits per heavy atom. The van der Waals surface area contributed by atoms with E-state index in [9.17, 15) is 4.79 Å². The molecule has 0 bridgehead atoms. The lowest BCUT2D eigenvalue weighted by Crippen LogP contribution is -2.33. The van der Waals surface area contributed by atoms with Crippen LogP contribution in [0.2, 0.25) is 0 Å². The number of amidine groups is 1. The summed E-state index contributed by atoms with van der Waals surface area (Å²) in [5, 5.41) is 1.01. The lowest BCUT2D eigenvalue weighted by Gasteiger charge is -2.20. The second-order valence-electron chi connectivity index (χ2n) is 2.70. The predicted molar refractivity (Wildman–Crippen MR) is 48.7 cm³/mol. The first-order valence-electron chi connectivity index (χ1n) is 3.72. The number of hydrogen-bond donors (Lipinski definition) is 1. The van der Waals surface area contributed by atoms with Gasteiger partial charge in [-0.3, -0.25) is 4.79 Å². The fourth-order valence-electron chi connectivity index (χ4n) is 1.22. The summed E-state index contributed by atoms with van der Waals surface area (Å²) in [6.45, 7) is 1.59. The maximum atomic E-state index is 10.8. The summed E-state index contributed by atoms with van der Waals surface area (Å²) in [6.07, 6.45) is 1.58. The van der Waals surface area contributed by atoms with Crippen LogP contribution >= 0.6 is 11.8 Å². The Balaban J connectivity index is 2.20. The molecule has 2 N–H and O–H groups in total. The Morgan fingerprint density at radius 1 is 1.75 bits per heavy atom. The van der Waals surface area contributed by atoms with Crippen molar-refractivity contribution in [1.82, 2.24) is 4.90 Å². The highest BCUT2D eigenvalue weighted by molar-refractivity contribution is 8.14. The number of amides is 1. The molecule has 0 saturated carbocycles.